The SMILES string of the molecule is CCN1C(=O)CCc2cc(Nc3ncnc4ccc(S(C)(=O)=O)cc34)ccc21. The number of fused-ring (bicyclic) bond motifs is 2. The predicted molar refractivity (Wildman–Crippen MR) is 109 cm³/mol. The van der Waals surface area contributed by atoms with E-state index >= 15 is 0 Å². The van der Waals surface area contributed by atoms with Crippen LogP contribution < -0.4 is 10.2 Å². The molecule has 8 heteroatoms. The van der Waals surface area contributed by atoms with Crippen molar-refractivity contribution in [2.75, 3.05) is 23.0 Å². The standard InChI is InChI=1S/C20H20N4O3S/c1-3-24-18-8-5-14(10-13(18)4-9-19(24)25)23-20-16-11-15(28(2,26)27)6-7-17(16)21-12-22-20/h5-8,10-12H,3-4,9H2,1-2H3,(H,21,22,23). The molecule has 0 spiro atoms. The number of benzene rings is 2. The van der Waals surface area contributed by atoms with Gasteiger partial charge >= 0.3 is 0 Å². The highest BCUT2D eigenvalue weighted by Crippen LogP contribution is 2.32. The van der Waals surface area contributed by atoms with Gasteiger partial charge in [0.1, 0.15) is 12.1 Å². The lowest BCUT2D eigenvalue weighted by Crippen LogP contribution is -2.34. The molecule has 7 nitrogen and oxygen atoms in total. The molecule has 1 N–H and O–H groups in total. The van der Waals surface area contributed by atoms with E-state index in [0.29, 0.717) is 36.1 Å². The molecule has 1 aliphatic heterocycles. The Labute approximate surface area is 163 Å². The van der Waals surface area contributed by atoms with E-state index in [2.05, 4.69) is 15.3 Å². The summed E-state index contributed by atoms with van der Waals surface area (Å²) >= 11 is 0. The highest BCUT2D eigenvalue weighted by atomic mass is 32.2. The lowest BCUT2D eigenvalue weighted by atomic mass is 10.0. The Morgan fingerprint density at radius 1 is 1.11 bits per heavy atom. The van der Waals surface area contributed by atoms with Crippen molar-refractivity contribution in [3.63, 3.8) is 0 Å². The molecule has 0 bridgehead atoms. The highest BCUT2D eigenvalue weighted by molar-refractivity contribution is 7.90. The molecule has 144 valence electrons. The van der Waals surface area contributed by atoms with Crippen LogP contribution in [0.5, 0.6) is 0 Å². The minimum atomic E-state index is -3.33. The lowest BCUT2D eigenvalue weighted by Gasteiger charge is -2.28. The van der Waals surface area contributed by atoms with Crippen molar-refractivity contribution in [2.45, 2.75) is 24.7 Å². The third-order valence-corrected chi connectivity index (χ3v) is 6.00. The van der Waals surface area contributed by atoms with E-state index in [1.807, 2.05) is 25.1 Å². The summed E-state index contributed by atoms with van der Waals surface area (Å²) in [5.41, 5.74) is 3.53. The Morgan fingerprint density at radius 3 is 2.68 bits per heavy atom. The average molecular weight is 396 g/mol. The fraction of sp³-hybridized carbons (Fsp3) is 0.250. The van der Waals surface area contributed by atoms with E-state index < -0.39 is 9.84 Å². The number of sulfone groups is 1. The largest absolute Gasteiger partial charge is 0.340 e. The molecule has 28 heavy (non-hydrogen) atoms. The molecule has 0 fully saturated rings. The molecule has 2 heterocycles. The fourth-order valence-corrected chi connectivity index (χ4v) is 4.13. The van der Waals surface area contributed by atoms with Gasteiger partial charge < -0.3 is 10.2 Å². The van der Waals surface area contributed by atoms with Crippen molar-refractivity contribution in [1.29, 1.82) is 0 Å². The number of nitrogens with one attached hydrogen (secondary N) is 1. The maximum absolute atomic E-state index is 12.1. The Morgan fingerprint density at radius 2 is 1.93 bits per heavy atom. The van der Waals surface area contributed by atoms with E-state index in [-0.39, 0.29) is 10.8 Å². The minimum Gasteiger partial charge on any atom is -0.340 e. The van der Waals surface area contributed by atoms with Gasteiger partial charge in [-0.05, 0) is 55.3 Å². The highest BCUT2D eigenvalue weighted by Gasteiger charge is 2.23. The van der Waals surface area contributed by atoms with E-state index in [1.54, 1.807) is 23.1 Å². The second-order valence-corrected chi connectivity index (χ2v) is 8.80. The van der Waals surface area contributed by atoms with Gasteiger partial charge in [0.2, 0.25) is 5.91 Å². The number of anilines is 3. The first-order valence-corrected chi connectivity index (χ1v) is 10.9. The molecule has 1 aliphatic rings. The summed E-state index contributed by atoms with van der Waals surface area (Å²) in [6.45, 7) is 2.61. The van der Waals surface area contributed by atoms with Crippen LogP contribution in [0.15, 0.2) is 47.6 Å². The number of aryl methyl sites for hydroxylation is 1. The van der Waals surface area contributed by atoms with Crippen LogP contribution in [0, 0.1) is 0 Å². The molecule has 0 radical (unpaired) electrons. The summed E-state index contributed by atoms with van der Waals surface area (Å²) in [6, 6.07) is 10.7. The summed E-state index contributed by atoms with van der Waals surface area (Å²) in [7, 11) is -3.33. The Hall–Kier alpha value is -3.00. The molecule has 1 amide bonds. The zero-order valence-corrected chi connectivity index (χ0v) is 16.5. The zero-order chi connectivity index (χ0) is 19.9. The van der Waals surface area contributed by atoms with Gasteiger partial charge in [0.15, 0.2) is 9.84 Å². The Balaban J connectivity index is 1.74. The second kappa shape index (κ2) is 6.87. The Bertz CT molecular complexity index is 1190. The summed E-state index contributed by atoms with van der Waals surface area (Å²) < 4.78 is 23.8. The van der Waals surface area contributed by atoms with Crippen LogP contribution in [-0.4, -0.2) is 37.1 Å². The van der Waals surface area contributed by atoms with Crippen LogP contribution in [0.3, 0.4) is 0 Å². The van der Waals surface area contributed by atoms with E-state index in [0.717, 1.165) is 16.9 Å². The molecule has 0 saturated heterocycles. The third kappa shape index (κ3) is 3.31. The number of rotatable bonds is 4. The molecule has 0 atom stereocenters. The summed E-state index contributed by atoms with van der Waals surface area (Å²) in [5, 5.41) is 3.90. The van der Waals surface area contributed by atoms with Crippen molar-refractivity contribution in [3.05, 3.63) is 48.3 Å². The molecule has 1 aromatic heterocycles. The summed E-state index contributed by atoms with van der Waals surface area (Å²) in [6.07, 6.45) is 3.82. The van der Waals surface area contributed by atoms with Crippen molar-refractivity contribution in [1.82, 2.24) is 9.97 Å². The van der Waals surface area contributed by atoms with E-state index in [1.165, 1.54) is 12.6 Å². The molecule has 4 rings (SSSR count). The monoisotopic (exact) mass is 396 g/mol. The Kier molecular flexibility index (Phi) is 4.50. The number of hydrogen-bond acceptors (Lipinski definition) is 6. The van der Waals surface area contributed by atoms with E-state index in [9.17, 15) is 13.2 Å². The van der Waals surface area contributed by atoms with Crippen LogP contribution in [0.4, 0.5) is 17.2 Å². The van der Waals surface area contributed by atoms with Crippen LogP contribution in [0.1, 0.15) is 18.9 Å². The van der Waals surface area contributed by atoms with Crippen molar-refractivity contribution in [2.24, 2.45) is 0 Å². The topological polar surface area (TPSA) is 92.3 Å². The van der Waals surface area contributed by atoms with Crippen LogP contribution >= 0.6 is 0 Å². The van der Waals surface area contributed by atoms with Gasteiger partial charge in [-0.2, -0.15) is 0 Å². The van der Waals surface area contributed by atoms with Gasteiger partial charge in [0.05, 0.1) is 10.4 Å². The van der Waals surface area contributed by atoms with Gasteiger partial charge in [0, 0.05) is 36.0 Å². The average Bonchev–Trinajstić information content (AvgIpc) is 2.67. The first-order chi connectivity index (χ1) is 13.4. The lowest BCUT2D eigenvalue weighted by molar-refractivity contribution is -0.118. The fourth-order valence-electron chi connectivity index (χ4n) is 3.49. The summed E-state index contributed by atoms with van der Waals surface area (Å²) in [4.78, 5) is 22.6. The number of amides is 1. The van der Waals surface area contributed by atoms with Crippen LogP contribution in [-0.2, 0) is 21.1 Å². The number of aromatic nitrogens is 2. The van der Waals surface area contributed by atoms with E-state index in [4.69, 9.17) is 0 Å². The number of nitrogens with zero attached hydrogens (tertiary/aromatic N) is 3. The van der Waals surface area contributed by atoms with Gasteiger partial charge in [0.25, 0.3) is 0 Å². The molecule has 0 unspecified atom stereocenters. The normalized spacial score (nSPS) is 14.2. The molecule has 0 saturated carbocycles. The molecule has 2 aromatic carbocycles. The van der Waals surface area contributed by atoms with Gasteiger partial charge in [-0.15, -0.1) is 0 Å². The number of carbonyl (C=O) groups is 1. The predicted octanol–water partition coefficient (Wildman–Crippen LogP) is 3.08. The second-order valence-electron chi connectivity index (χ2n) is 6.78. The molecule has 3 aromatic rings. The maximum atomic E-state index is 12.1. The maximum Gasteiger partial charge on any atom is 0.227 e. The van der Waals surface area contributed by atoms with Gasteiger partial charge in [-0.3, -0.25) is 4.79 Å². The molecule has 0 aliphatic carbocycles. The first-order valence-electron chi connectivity index (χ1n) is 9.02. The number of hydrogen-bond donors (Lipinski definition) is 1. The molecular weight excluding hydrogens is 376 g/mol. The number of carbonyl (C=O) groups excluding carboxylic acids is 1. The van der Waals surface area contributed by atoms with Crippen LogP contribution in [0.2, 0.25) is 0 Å². The van der Waals surface area contributed by atoms with Crippen molar-refractivity contribution >= 4 is 43.8 Å². The first kappa shape index (κ1) is 18.4. The van der Waals surface area contributed by atoms with Gasteiger partial charge in [-0.25, -0.2) is 18.4 Å². The molecular formula is C20H20N4O3S. The smallest absolute Gasteiger partial charge is 0.227 e. The quantitative estimate of drug-likeness (QED) is 0.729. The van der Waals surface area contributed by atoms with Crippen molar-refractivity contribution in [3.8, 4) is 0 Å². The third-order valence-electron chi connectivity index (χ3n) is 4.89. The van der Waals surface area contributed by atoms with Crippen molar-refractivity contribution < 1.29 is 13.2 Å². The van der Waals surface area contributed by atoms with Crippen LogP contribution in [0.25, 0.3) is 10.9 Å². The minimum absolute atomic E-state index is 0.144. The van der Waals surface area contributed by atoms with Gasteiger partial charge in [-0.1, -0.05) is 0 Å². The summed E-state index contributed by atoms with van der Waals surface area (Å²) in [5.74, 6) is 0.681. The zero-order valence-electron chi connectivity index (χ0n) is 15.6.